The van der Waals surface area contributed by atoms with Gasteiger partial charge in [0, 0.05) is 12.8 Å². The van der Waals surface area contributed by atoms with Crippen LogP contribution in [0.25, 0.3) is 10.8 Å². The molecule has 1 atom stereocenters. The number of benzene rings is 2. The maximum atomic E-state index is 12.4. The molecule has 1 amide bonds. The fourth-order valence-electron chi connectivity index (χ4n) is 4.99. The smallest absolute Gasteiger partial charge is 0.326 e. The van der Waals surface area contributed by atoms with Crippen molar-refractivity contribution in [3.8, 4) is 0 Å². The Morgan fingerprint density at radius 2 is 1.19 bits per heavy atom. The van der Waals surface area contributed by atoms with Gasteiger partial charge >= 0.3 is 5.97 Å². The van der Waals surface area contributed by atoms with Crippen molar-refractivity contribution < 1.29 is 14.7 Å². The number of rotatable bonds is 21. The zero-order chi connectivity index (χ0) is 25.8. The van der Waals surface area contributed by atoms with Crippen LogP contribution in [-0.4, -0.2) is 23.0 Å². The Morgan fingerprint density at radius 1 is 0.694 bits per heavy atom. The molecule has 0 aliphatic rings. The SMILES string of the molecule is CCCCCCCCCCCCCCCCCCC(=O)N[C@@H](Cc1cccc2ccccc12)C(=O)O. The molecule has 0 bridgehead atoms. The third-order valence-corrected chi connectivity index (χ3v) is 7.19. The molecule has 0 fully saturated rings. The first-order valence-electron chi connectivity index (χ1n) is 14.6. The van der Waals surface area contributed by atoms with Gasteiger partial charge in [0.2, 0.25) is 5.91 Å². The maximum absolute atomic E-state index is 12.4. The second kappa shape index (κ2) is 18.8. The van der Waals surface area contributed by atoms with Gasteiger partial charge in [-0.2, -0.15) is 0 Å². The predicted molar refractivity (Wildman–Crippen MR) is 151 cm³/mol. The molecule has 0 saturated heterocycles. The lowest BCUT2D eigenvalue weighted by Crippen LogP contribution is -2.42. The Hall–Kier alpha value is -2.36. The number of fused-ring (bicyclic) bond motifs is 1. The minimum Gasteiger partial charge on any atom is -0.480 e. The van der Waals surface area contributed by atoms with Gasteiger partial charge in [-0.05, 0) is 22.8 Å². The fraction of sp³-hybridized carbons (Fsp3) is 0.625. The number of hydrogen-bond acceptors (Lipinski definition) is 2. The molecule has 2 aromatic rings. The number of carbonyl (C=O) groups is 2. The van der Waals surface area contributed by atoms with E-state index in [1.165, 1.54) is 83.5 Å². The lowest BCUT2D eigenvalue weighted by molar-refractivity contribution is -0.141. The van der Waals surface area contributed by atoms with Crippen LogP contribution in [0, 0.1) is 0 Å². The lowest BCUT2D eigenvalue weighted by Gasteiger charge is -2.16. The first-order chi connectivity index (χ1) is 17.6. The number of amides is 1. The molecule has 0 saturated carbocycles. The summed E-state index contributed by atoms with van der Waals surface area (Å²) in [5.74, 6) is -1.14. The summed E-state index contributed by atoms with van der Waals surface area (Å²) >= 11 is 0. The average molecular weight is 496 g/mol. The molecule has 0 heterocycles. The van der Waals surface area contributed by atoms with E-state index in [-0.39, 0.29) is 5.91 Å². The third-order valence-electron chi connectivity index (χ3n) is 7.19. The average Bonchev–Trinajstić information content (AvgIpc) is 2.88. The van der Waals surface area contributed by atoms with Crippen molar-refractivity contribution in [2.45, 2.75) is 129 Å². The van der Waals surface area contributed by atoms with Crippen LogP contribution in [0.4, 0.5) is 0 Å². The summed E-state index contributed by atoms with van der Waals surface area (Å²) in [6, 6.07) is 13.0. The highest BCUT2D eigenvalue weighted by molar-refractivity contribution is 5.88. The molecular weight excluding hydrogens is 446 g/mol. The Kier molecular flexibility index (Phi) is 15.6. The van der Waals surface area contributed by atoms with Gasteiger partial charge in [-0.25, -0.2) is 4.79 Å². The van der Waals surface area contributed by atoms with E-state index in [4.69, 9.17) is 0 Å². The van der Waals surface area contributed by atoms with Crippen LogP contribution in [0.1, 0.15) is 122 Å². The van der Waals surface area contributed by atoms with E-state index < -0.39 is 12.0 Å². The molecule has 2 rings (SSSR count). The molecule has 0 spiro atoms. The number of carbonyl (C=O) groups excluding carboxylic acids is 1. The normalized spacial score (nSPS) is 12.0. The summed E-state index contributed by atoms with van der Waals surface area (Å²) in [5, 5.41) is 14.5. The van der Waals surface area contributed by atoms with Crippen LogP contribution in [-0.2, 0) is 16.0 Å². The Balaban J connectivity index is 1.50. The molecule has 0 unspecified atom stereocenters. The number of carboxylic acids is 1. The minimum atomic E-state index is -0.983. The van der Waals surface area contributed by atoms with Gasteiger partial charge < -0.3 is 10.4 Å². The van der Waals surface area contributed by atoms with E-state index >= 15 is 0 Å². The molecular formula is C32H49NO3. The van der Waals surface area contributed by atoms with Crippen molar-refractivity contribution in [1.29, 1.82) is 0 Å². The number of unbranched alkanes of at least 4 members (excludes halogenated alkanes) is 15. The van der Waals surface area contributed by atoms with Crippen LogP contribution in [0.3, 0.4) is 0 Å². The number of hydrogen-bond donors (Lipinski definition) is 2. The standard InChI is InChI=1S/C32H49NO3/c1-2-3-4-5-6-7-8-9-10-11-12-13-14-15-16-17-25-31(34)33-30(32(35)36)26-28-23-20-22-27-21-18-19-24-29(27)28/h18-24,30H,2-17,25-26H2,1H3,(H,33,34)(H,35,36)/t30-/m0/s1. The van der Waals surface area contributed by atoms with Gasteiger partial charge in [-0.15, -0.1) is 0 Å². The number of nitrogens with one attached hydrogen (secondary N) is 1. The zero-order valence-corrected chi connectivity index (χ0v) is 22.6. The largest absolute Gasteiger partial charge is 0.480 e. The van der Waals surface area contributed by atoms with E-state index in [1.807, 2.05) is 42.5 Å². The van der Waals surface area contributed by atoms with Gasteiger partial charge in [-0.1, -0.05) is 146 Å². The molecule has 0 aliphatic heterocycles. The van der Waals surface area contributed by atoms with Crippen molar-refractivity contribution in [3.63, 3.8) is 0 Å². The van der Waals surface area contributed by atoms with E-state index in [0.29, 0.717) is 12.8 Å². The van der Waals surface area contributed by atoms with Crippen LogP contribution >= 0.6 is 0 Å². The van der Waals surface area contributed by atoms with Crippen molar-refractivity contribution >= 4 is 22.6 Å². The summed E-state index contributed by atoms with van der Waals surface area (Å²) in [4.78, 5) is 24.2. The van der Waals surface area contributed by atoms with Gasteiger partial charge in [-0.3, -0.25) is 4.79 Å². The summed E-state index contributed by atoms with van der Waals surface area (Å²) in [6.07, 6.45) is 21.5. The quantitative estimate of drug-likeness (QED) is 0.170. The number of carboxylic acid groups (broad SMARTS) is 1. The number of aliphatic carboxylic acids is 1. The highest BCUT2D eigenvalue weighted by atomic mass is 16.4. The summed E-state index contributed by atoms with van der Waals surface area (Å²) in [5.41, 5.74) is 0.947. The summed E-state index contributed by atoms with van der Waals surface area (Å²) < 4.78 is 0. The third kappa shape index (κ3) is 12.6. The van der Waals surface area contributed by atoms with E-state index in [0.717, 1.165) is 35.6 Å². The van der Waals surface area contributed by atoms with Gasteiger partial charge in [0.05, 0.1) is 0 Å². The maximum Gasteiger partial charge on any atom is 0.326 e. The summed E-state index contributed by atoms with van der Waals surface area (Å²) in [7, 11) is 0. The van der Waals surface area contributed by atoms with Crippen molar-refractivity contribution in [2.24, 2.45) is 0 Å². The molecule has 0 radical (unpaired) electrons. The lowest BCUT2D eigenvalue weighted by atomic mass is 9.98. The molecule has 4 nitrogen and oxygen atoms in total. The van der Waals surface area contributed by atoms with E-state index in [2.05, 4.69) is 12.2 Å². The molecule has 2 N–H and O–H groups in total. The van der Waals surface area contributed by atoms with Crippen molar-refractivity contribution in [2.75, 3.05) is 0 Å². The second-order valence-corrected chi connectivity index (χ2v) is 10.4. The van der Waals surface area contributed by atoms with Crippen molar-refractivity contribution in [3.05, 3.63) is 48.0 Å². The van der Waals surface area contributed by atoms with E-state index in [9.17, 15) is 14.7 Å². The highest BCUT2D eigenvalue weighted by Crippen LogP contribution is 2.20. The molecule has 0 aliphatic carbocycles. The van der Waals surface area contributed by atoms with Crippen LogP contribution in [0.5, 0.6) is 0 Å². The van der Waals surface area contributed by atoms with Crippen LogP contribution in [0.2, 0.25) is 0 Å². The van der Waals surface area contributed by atoms with E-state index in [1.54, 1.807) is 0 Å². The Bertz CT molecular complexity index is 873. The summed E-state index contributed by atoms with van der Waals surface area (Å²) in [6.45, 7) is 2.27. The monoisotopic (exact) mass is 495 g/mol. The Labute approximate surface area is 219 Å². The van der Waals surface area contributed by atoms with Crippen LogP contribution < -0.4 is 5.32 Å². The van der Waals surface area contributed by atoms with Gasteiger partial charge in [0.25, 0.3) is 0 Å². The van der Waals surface area contributed by atoms with Gasteiger partial charge in [0.1, 0.15) is 6.04 Å². The van der Waals surface area contributed by atoms with Gasteiger partial charge in [0.15, 0.2) is 0 Å². The topological polar surface area (TPSA) is 66.4 Å². The molecule has 2 aromatic carbocycles. The molecule has 4 heteroatoms. The minimum absolute atomic E-state index is 0.159. The van der Waals surface area contributed by atoms with Crippen LogP contribution in [0.15, 0.2) is 42.5 Å². The first-order valence-corrected chi connectivity index (χ1v) is 14.6. The molecule has 36 heavy (non-hydrogen) atoms. The highest BCUT2D eigenvalue weighted by Gasteiger charge is 2.21. The predicted octanol–water partition coefficient (Wildman–Crippen LogP) is 8.60. The van der Waals surface area contributed by atoms with Crippen molar-refractivity contribution in [1.82, 2.24) is 5.32 Å². The molecule has 0 aromatic heterocycles. The fourth-order valence-corrected chi connectivity index (χ4v) is 4.99. The Morgan fingerprint density at radius 3 is 1.75 bits per heavy atom. The zero-order valence-electron chi connectivity index (χ0n) is 22.6. The first kappa shape index (κ1) is 29.9. The molecule has 200 valence electrons. The second-order valence-electron chi connectivity index (χ2n) is 10.4.